The molecule has 2 heterocycles. The highest BCUT2D eigenvalue weighted by molar-refractivity contribution is 5.75. The standard InChI is InChI=1S/C14H16N2O/c1-2-9(1)14-16-12-7-10-3-5-15-6-4-11(10)8-13(12)17-14/h7-9,15H,1-6H2. The average Bonchev–Trinajstić information content (AvgIpc) is 3.11. The lowest BCUT2D eigenvalue weighted by atomic mass is 10.0. The van der Waals surface area contributed by atoms with Gasteiger partial charge in [-0.2, -0.15) is 0 Å². The van der Waals surface area contributed by atoms with Gasteiger partial charge in [-0.25, -0.2) is 4.98 Å². The molecule has 88 valence electrons. The predicted molar refractivity (Wildman–Crippen MR) is 66.3 cm³/mol. The Morgan fingerprint density at radius 2 is 1.88 bits per heavy atom. The number of fused-ring (bicyclic) bond motifs is 2. The minimum Gasteiger partial charge on any atom is -0.440 e. The monoisotopic (exact) mass is 228 g/mol. The van der Waals surface area contributed by atoms with Crippen molar-refractivity contribution in [2.24, 2.45) is 0 Å². The van der Waals surface area contributed by atoms with Gasteiger partial charge in [0.1, 0.15) is 5.52 Å². The summed E-state index contributed by atoms with van der Waals surface area (Å²) in [5.41, 5.74) is 4.90. The first-order chi connectivity index (χ1) is 8.40. The first-order valence-electron chi connectivity index (χ1n) is 6.53. The van der Waals surface area contributed by atoms with Crippen molar-refractivity contribution >= 4 is 11.1 Å². The van der Waals surface area contributed by atoms with Crippen molar-refractivity contribution in [3.8, 4) is 0 Å². The van der Waals surface area contributed by atoms with Crippen LogP contribution in [0.15, 0.2) is 16.5 Å². The van der Waals surface area contributed by atoms with E-state index >= 15 is 0 Å². The van der Waals surface area contributed by atoms with Crippen LogP contribution < -0.4 is 5.32 Å². The molecule has 1 saturated carbocycles. The van der Waals surface area contributed by atoms with Crippen LogP contribution in [0.3, 0.4) is 0 Å². The van der Waals surface area contributed by atoms with Crippen LogP contribution in [-0.2, 0) is 12.8 Å². The third kappa shape index (κ3) is 1.65. The van der Waals surface area contributed by atoms with Crippen LogP contribution in [0, 0.1) is 0 Å². The Morgan fingerprint density at radius 3 is 2.65 bits per heavy atom. The number of hydrogen-bond acceptors (Lipinski definition) is 3. The van der Waals surface area contributed by atoms with Crippen LogP contribution in [0.4, 0.5) is 0 Å². The van der Waals surface area contributed by atoms with Crippen molar-refractivity contribution in [1.29, 1.82) is 0 Å². The predicted octanol–water partition coefficient (Wildman–Crippen LogP) is 2.39. The number of nitrogens with zero attached hydrogens (tertiary/aromatic N) is 1. The number of nitrogens with one attached hydrogen (secondary N) is 1. The van der Waals surface area contributed by atoms with Gasteiger partial charge in [0.25, 0.3) is 0 Å². The average molecular weight is 228 g/mol. The van der Waals surface area contributed by atoms with Crippen LogP contribution in [0.1, 0.15) is 35.8 Å². The molecule has 0 radical (unpaired) electrons. The van der Waals surface area contributed by atoms with E-state index in [0.717, 1.165) is 42.9 Å². The molecule has 1 aromatic carbocycles. The summed E-state index contributed by atoms with van der Waals surface area (Å²) in [4.78, 5) is 4.63. The van der Waals surface area contributed by atoms with E-state index in [2.05, 4.69) is 22.4 Å². The maximum atomic E-state index is 5.87. The highest BCUT2D eigenvalue weighted by Crippen LogP contribution is 2.40. The number of hydrogen-bond donors (Lipinski definition) is 1. The van der Waals surface area contributed by atoms with E-state index in [4.69, 9.17) is 4.42 Å². The second-order valence-corrected chi connectivity index (χ2v) is 5.17. The Balaban J connectivity index is 1.84. The normalized spacial score (nSPS) is 20.2. The van der Waals surface area contributed by atoms with Gasteiger partial charge in [0.15, 0.2) is 11.5 Å². The van der Waals surface area contributed by atoms with Gasteiger partial charge in [0.05, 0.1) is 0 Å². The van der Waals surface area contributed by atoms with Crippen LogP contribution in [-0.4, -0.2) is 18.1 Å². The molecule has 1 fully saturated rings. The second kappa shape index (κ2) is 3.57. The third-order valence-electron chi connectivity index (χ3n) is 3.80. The van der Waals surface area contributed by atoms with Crippen molar-refractivity contribution in [3.63, 3.8) is 0 Å². The molecule has 0 spiro atoms. The first-order valence-corrected chi connectivity index (χ1v) is 6.53. The topological polar surface area (TPSA) is 38.1 Å². The van der Waals surface area contributed by atoms with E-state index in [1.54, 1.807) is 0 Å². The molecule has 4 rings (SSSR count). The summed E-state index contributed by atoms with van der Waals surface area (Å²) in [5, 5.41) is 3.43. The lowest BCUT2D eigenvalue weighted by Gasteiger charge is -2.03. The van der Waals surface area contributed by atoms with E-state index in [-0.39, 0.29) is 0 Å². The molecule has 0 atom stereocenters. The summed E-state index contributed by atoms with van der Waals surface area (Å²) >= 11 is 0. The van der Waals surface area contributed by atoms with Gasteiger partial charge in [-0.1, -0.05) is 0 Å². The van der Waals surface area contributed by atoms with Gasteiger partial charge in [-0.05, 0) is 62.0 Å². The van der Waals surface area contributed by atoms with Gasteiger partial charge in [0, 0.05) is 5.92 Å². The molecule has 2 aromatic rings. The van der Waals surface area contributed by atoms with Gasteiger partial charge in [-0.15, -0.1) is 0 Å². The number of rotatable bonds is 1. The molecule has 17 heavy (non-hydrogen) atoms. The molecule has 1 aliphatic carbocycles. The Bertz CT molecular complexity index is 526. The summed E-state index contributed by atoms with van der Waals surface area (Å²) < 4.78 is 5.87. The number of aromatic nitrogens is 1. The largest absolute Gasteiger partial charge is 0.440 e. The van der Waals surface area contributed by atoms with Crippen molar-refractivity contribution in [2.45, 2.75) is 31.6 Å². The fraction of sp³-hybridized carbons (Fsp3) is 0.500. The molecule has 1 aromatic heterocycles. The SMILES string of the molecule is c1c2c(cc3oc(C4CC4)nc13)CCNCC2. The molecule has 3 heteroatoms. The summed E-state index contributed by atoms with van der Waals surface area (Å²) in [6.07, 6.45) is 4.70. The molecule has 0 unspecified atom stereocenters. The smallest absolute Gasteiger partial charge is 0.198 e. The fourth-order valence-electron chi connectivity index (χ4n) is 2.62. The van der Waals surface area contributed by atoms with Gasteiger partial charge < -0.3 is 9.73 Å². The van der Waals surface area contributed by atoms with Crippen molar-refractivity contribution < 1.29 is 4.42 Å². The zero-order valence-electron chi connectivity index (χ0n) is 9.83. The van der Waals surface area contributed by atoms with E-state index < -0.39 is 0 Å². The Hall–Kier alpha value is -1.35. The Kier molecular flexibility index (Phi) is 2.03. The van der Waals surface area contributed by atoms with E-state index in [9.17, 15) is 0 Å². The molecule has 0 bridgehead atoms. The Morgan fingerprint density at radius 1 is 1.12 bits per heavy atom. The highest BCUT2D eigenvalue weighted by atomic mass is 16.3. The molecule has 3 nitrogen and oxygen atoms in total. The molecular weight excluding hydrogens is 212 g/mol. The molecule has 0 amide bonds. The molecule has 1 N–H and O–H groups in total. The Labute approximate surface area is 100 Å². The molecule has 1 aliphatic heterocycles. The summed E-state index contributed by atoms with van der Waals surface area (Å²) in [6, 6.07) is 4.43. The fourth-order valence-corrected chi connectivity index (χ4v) is 2.62. The second-order valence-electron chi connectivity index (χ2n) is 5.17. The van der Waals surface area contributed by atoms with E-state index in [1.165, 1.54) is 24.0 Å². The van der Waals surface area contributed by atoms with Crippen LogP contribution in [0.5, 0.6) is 0 Å². The van der Waals surface area contributed by atoms with Gasteiger partial charge >= 0.3 is 0 Å². The lowest BCUT2D eigenvalue weighted by Crippen LogP contribution is -2.16. The summed E-state index contributed by atoms with van der Waals surface area (Å²) in [7, 11) is 0. The molecular formula is C14H16N2O. The van der Waals surface area contributed by atoms with E-state index in [1.807, 2.05) is 0 Å². The number of oxazole rings is 1. The minimum absolute atomic E-state index is 0.601. The maximum Gasteiger partial charge on any atom is 0.198 e. The van der Waals surface area contributed by atoms with Crippen LogP contribution in [0.2, 0.25) is 0 Å². The van der Waals surface area contributed by atoms with Crippen molar-refractivity contribution in [2.75, 3.05) is 13.1 Å². The lowest BCUT2D eigenvalue weighted by molar-refractivity contribution is 0.533. The van der Waals surface area contributed by atoms with Crippen molar-refractivity contribution in [1.82, 2.24) is 10.3 Å². The van der Waals surface area contributed by atoms with Gasteiger partial charge in [-0.3, -0.25) is 0 Å². The highest BCUT2D eigenvalue weighted by Gasteiger charge is 2.29. The van der Waals surface area contributed by atoms with E-state index in [0.29, 0.717) is 5.92 Å². The van der Waals surface area contributed by atoms with Crippen LogP contribution >= 0.6 is 0 Å². The molecule has 2 aliphatic rings. The minimum atomic E-state index is 0.601. The quantitative estimate of drug-likeness (QED) is 0.814. The third-order valence-corrected chi connectivity index (χ3v) is 3.80. The maximum absolute atomic E-state index is 5.87. The van der Waals surface area contributed by atoms with Gasteiger partial charge in [0.2, 0.25) is 0 Å². The zero-order valence-corrected chi connectivity index (χ0v) is 9.83. The van der Waals surface area contributed by atoms with Crippen molar-refractivity contribution in [3.05, 3.63) is 29.2 Å². The zero-order chi connectivity index (χ0) is 11.2. The molecule has 0 saturated heterocycles. The summed E-state index contributed by atoms with van der Waals surface area (Å²) in [5.74, 6) is 1.56. The van der Waals surface area contributed by atoms with Crippen LogP contribution in [0.25, 0.3) is 11.1 Å². The summed E-state index contributed by atoms with van der Waals surface area (Å²) in [6.45, 7) is 2.15. The first kappa shape index (κ1) is 9.66. The number of benzene rings is 1.